The van der Waals surface area contributed by atoms with Crippen LogP contribution in [0, 0.1) is 0 Å². The Morgan fingerprint density at radius 1 is 0.957 bits per heavy atom. The van der Waals surface area contributed by atoms with Gasteiger partial charge < -0.3 is 15.4 Å². The van der Waals surface area contributed by atoms with Crippen molar-refractivity contribution in [1.29, 1.82) is 0 Å². The van der Waals surface area contributed by atoms with Crippen LogP contribution in [0.15, 0.2) is 61.1 Å². The monoisotopic (exact) mass is 303 g/mol. The van der Waals surface area contributed by atoms with Crippen LogP contribution in [0.4, 0.5) is 11.6 Å². The number of benzene rings is 1. The lowest BCUT2D eigenvalue weighted by molar-refractivity contribution is 0.475. The Morgan fingerprint density at radius 2 is 1.83 bits per heavy atom. The minimum Gasteiger partial charge on any atom is -0.508 e. The van der Waals surface area contributed by atoms with E-state index in [1.54, 1.807) is 36.7 Å². The standard InChI is InChI=1S/C17H13N5O/c23-12-5-3-11(4-6-12)21-17-19-9-7-15(22-17)14-10-20-16-13(14)2-1-8-18-16/h1-10,23H,(H,18,20)(H,19,21,22). The number of fused-ring (bicyclic) bond motifs is 1. The summed E-state index contributed by atoms with van der Waals surface area (Å²) in [5, 5.41) is 13.5. The molecule has 23 heavy (non-hydrogen) atoms. The molecule has 0 radical (unpaired) electrons. The van der Waals surface area contributed by atoms with Gasteiger partial charge in [-0.1, -0.05) is 0 Å². The number of phenols is 1. The number of rotatable bonds is 3. The van der Waals surface area contributed by atoms with Crippen LogP contribution in [-0.2, 0) is 0 Å². The van der Waals surface area contributed by atoms with E-state index in [1.807, 2.05) is 24.4 Å². The Bertz CT molecular complexity index is 962. The van der Waals surface area contributed by atoms with Gasteiger partial charge in [-0.25, -0.2) is 15.0 Å². The van der Waals surface area contributed by atoms with Crippen LogP contribution in [-0.4, -0.2) is 25.0 Å². The first-order valence-electron chi connectivity index (χ1n) is 7.11. The van der Waals surface area contributed by atoms with Crippen molar-refractivity contribution in [3.8, 4) is 17.0 Å². The number of aromatic amines is 1. The first-order chi connectivity index (χ1) is 11.3. The number of pyridine rings is 1. The molecule has 0 saturated carbocycles. The molecule has 4 aromatic rings. The highest BCUT2D eigenvalue weighted by Gasteiger charge is 2.09. The summed E-state index contributed by atoms with van der Waals surface area (Å²) in [5.41, 5.74) is 3.42. The van der Waals surface area contributed by atoms with Crippen molar-refractivity contribution in [3.63, 3.8) is 0 Å². The van der Waals surface area contributed by atoms with E-state index in [0.717, 1.165) is 28.0 Å². The summed E-state index contributed by atoms with van der Waals surface area (Å²) in [5.74, 6) is 0.711. The van der Waals surface area contributed by atoms with Crippen LogP contribution >= 0.6 is 0 Å². The quantitative estimate of drug-likeness (QED) is 0.504. The molecule has 3 N–H and O–H groups in total. The molecule has 4 rings (SSSR count). The molecule has 0 aliphatic heterocycles. The fourth-order valence-electron chi connectivity index (χ4n) is 2.41. The Kier molecular flexibility index (Phi) is 3.12. The van der Waals surface area contributed by atoms with Gasteiger partial charge in [0.25, 0.3) is 0 Å². The molecule has 0 amide bonds. The average Bonchev–Trinajstić information content (AvgIpc) is 3.01. The fourth-order valence-corrected chi connectivity index (χ4v) is 2.41. The molecule has 1 aromatic carbocycles. The van der Waals surface area contributed by atoms with Crippen molar-refractivity contribution >= 4 is 22.7 Å². The maximum atomic E-state index is 9.32. The van der Waals surface area contributed by atoms with Crippen molar-refractivity contribution < 1.29 is 5.11 Å². The smallest absolute Gasteiger partial charge is 0.227 e. The third-order valence-corrected chi connectivity index (χ3v) is 3.51. The van der Waals surface area contributed by atoms with Gasteiger partial charge in [-0.15, -0.1) is 0 Å². The van der Waals surface area contributed by atoms with E-state index in [2.05, 4.69) is 25.3 Å². The number of anilines is 2. The number of H-pyrrole nitrogens is 1. The third kappa shape index (κ3) is 2.57. The van der Waals surface area contributed by atoms with E-state index in [9.17, 15) is 5.11 Å². The lowest BCUT2D eigenvalue weighted by atomic mass is 10.1. The van der Waals surface area contributed by atoms with E-state index in [0.29, 0.717) is 5.95 Å². The van der Waals surface area contributed by atoms with Gasteiger partial charge in [0.2, 0.25) is 5.95 Å². The average molecular weight is 303 g/mol. The largest absolute Gasteiger partial charge is 0.508 e. The van der Waals surface area contributed by atoms with Crippen molar-refractivity contribution in [3.05, 3.63) is 61.1 Å². The number of hydrogen-bond donors (Lipinski definition) is 3. The zero-order chi connectivity index (χ0) is 15.6. The Hall–Kier alpha value is -3.41. The molecule has 0 atom stereocenters. The van der Waals surface area contributed by atoms with E-state index in [1.165, 1.54) is 0 Å². The molecule has 0 saturated heterocycles. The highest BCUT2D eigenvalue weighted by atomic mass is 16.3. The summed E-state index contributed by atoms with van der Waals surface area (Å²) in [6, 6.07) is 12.5. The Balaban J connectivity index is 1.70. The molecule has 0 aliphatic carbocycles. The minimum atomic E-state index is 0.219. The van der Waals surface area contributed by atoms with E-state index < -0.39 is 0 Å². The van der Waals surface area contributed by atoms with Gasteiger partial charge in [-0.2, -0.15) is 0 Å². The van der Waals surface area contributed by atoms with Gasteiger partial charge >= 0.3 is 0 Å². The van der Waals surface area contributed by atoms with Crippen molar-refractivity contribution in [2.24, 2.45) is 0 Å². The van der Waals surface area contributed by atoms with Crippen LogP contribution in [0.2, 0.25) is 0 Å². The van der Waals surface area contributed by atoms with E-state index >= 15 is 0 Å². The highest BCUT2D eigenvalue weighted by Crippen LogP contribution is 2.26. The zero-order valence-corrected chi connectivity index (χ0v) is 12.1. The summed E-state index contributed by atoms with van der Waals surface area (Å²) in [6.45, 7) is 0. The van der Waals surface area contributed by atoms with Gasteiger partial charge in [0, 0.05) is 35.2 Å². The molecule has 0 aliphatic rings. The van der Waals surface area contributed by atoms with Crippen LogP contribution in [0.5, 0.6) is 5.75 Å². The number of nitrogens with zero attached hydrogens (tertiary/aromatic N) is 3. The van der Waals surface area contributed by atoms with Gasteiger partial charge in [0.05, 0.1) is 5.69 Å². The van der Waals surface area contributed by atoms with Crippen LogP contribution in [0.25, 0.3) is 22.3 Å². The molecule has 3 heterocycles. The van der Waals surface area contributed by atoms with Crippen LogP contribution in [0.1, 0.15) is 0 Å². The van der Waals surface area contributed by atoms with Crippen molar-refractivity contribution in [1.82, 2.24) is 19.9 Å². The maximum absolute atomic E-state index is 9.32. The van der Waals surface area contributed by atoms with E-state index in [-0.39, 0.29) is 5.75 Å². The molecule has 0 unspecified atom stereocenters. The van der Waals surface area contributed by atoms with Gasteiger partial charge in [0.15, 0.2) is 0 Å². The molecular weight excluding hydrogens is 290 g/mol. The molecule has 0 spiro atoms. The Morgan fingerprint density at radius 3 is 2.70 bits per heavy atom. The molecule has 0 bridgehead atoms. The molecule has 6 nitrogen and oxygen atoms in total. The predicted octanol–water partition coefficient (Wildman–Crippen LogP) is 3.47. The third-order valence-electron chi connectivity index (χ3n) is 3.51. The molecular formula is C17H13N5O. The highest BCUT2D eigenvalue weighted by molar-refractivity contribution is 5.92. The normalized spacial score (nSPS) is 10.8. The topological polar surface area (TPSA) is 86.7 Å². The molecule has 3 aromatic heterocycles. The number of nitrogens with one attached hydrogen (secondary N) is 2. The maximum Gasteiger partial charge on any atom is 0.227 e. The summed E-state index contributed by atoms with van der Waals surface area (Å²) in [6.07, 6.45) is 5.35. The summed E-state index contributed by atoms with van der Waals surface area (Å²) >= 11 is 0. The predicted molar refractivity (Wildman–Crippen MR) is 88.5 cm³/mol. The van der Waals surface area contributed by atoms with E-state index in [4.69, 9.17) is 0 Å². The lowest BCUT2D eigenvalue weighted by Gasteiger charge is -2.06. The van der Waals surface area contributed by atoms with Crippen LogP contribution < -0.4 is 5.32 Å². The van der Waals surface area contributed by atoms with Crippen LogP contribution in [0.3, 0.4) is 0 Å². The van der Waals surface area contributed by atoms with Gasteiger partial charge in [-0.3, -0.25) is 0 Å². The number of hydrogen-bond acceptors (Lipinski definition) is 5. The number of aromatic hydroxyl groups is 1. The second-order valence-corrected chi connectivity index (χ2v) is 5.04. The number of phenolic OH excluding ortho intramolecular Hbond substituents is 1. The first kappa shape index (κ1) is 13.3. The van der Waals surface area contributed by atoms with Crippen molar-refractivity contribution in [2.75, 3.05) is 5.32 Å². The minimum absolute atomic E-state index is 0.219. The van der Waals surface area contributed by atoms with Gasteiger partial charge in [0.1, 0.15) is 11.4 Å². The summed E-state index contributed by atoms with van der Waals surface area (Å²) < 4.78 is 0. The second kappa shape index (κ2) is 5.42. The fraction of sp³-hybridized carbons (Fsp3) is 0. The summed E-state index contributed by atoms with van der Waals surface area (Å²) in [7, 11) is 0. The molecule has 0 fully saturated rings. The number of aromatic nitrogens is 4. The summed E-state index contributed by atoms with van der Waals surface area (Å²) in [4.78, 5) is 16.2. The Labute approximate surface area is 131 Å². The molecule has 6 heteroatoms. The SMILES string of the molecule is Oc1ccc(Nc2nccc(-c3c[nH]c4ncccc34)n2)cc1. The lowest BCUT2D eigenvalue weighted by Crippen LogP contribution is -1.97. The van der Waals surface area contributed by atoms with Crippen molar-refractivity contribution in [2.45, 2.75) is 0 Å². The van der Waals surface area contributed by atoms with Gasteiger partial charge in [-0.05, 0) is 42.5 Å². The molecule has 112 valence electrons. The second-order valence-electron chi connectivity index (χ2n) is 5.04. The first-order valence-corrected chi connectivity index (χ1v) is 7.11. The zero-order valence-electron chi connectivity index (χ0n) is 12.1.